The summed E-state index contributed by atoms with van der Waals surface area (Å²) in [5, 5.41) is 0. The Bertz CT molecular complexity index is 302. The van der Waals surface area contributed by atoms with Crippen molar-refractivity contribution in [3.05, 3.63) is 0 Å². The van der Waals surface area contributed by atoms with Gasteiger partial charge < -0.3 is 4.74 Å². The highest BCUT2D eigenvalue weighted by Gasteiger charge is 2.29. The van der Waals surface area contributed by atoms with Crippen LogP contribution in [0.3, 0.4) is 0 Å². The topological polar surface area (TPSA) is 29.5 Å². The first kappa shape index (κ1) is 15.0. The standard InChI is InChI=1S/C16H29NO2/c1-16(2,3)14-5-4-8-17(9-6-14)11-15(18)13-7-10-19-12-13/h13-14H,4-12H2,1-3H3. The second-order valence-corrected chi connectivity index (χ2v) is 7.30. The second-order valence-electron chi connectivity index (χ2n) is 7.30. The number of hydrogen-bond acceptors (Lipinski definition) is 3. The lowest BCUT2D eigenvalue weighted by Crippen LogP contribution is -2.34. The van der Waals surface area contributed by atoms with Crippen LogP contribution in [0.5, 0.6) is 0 Å². The Morgan fingerprint density at radius 1 is 1.21 bits per heavy atom. The third-order valence-corrected chi connectivity index (χ3v) is 4.81. The van der Waals surface area contributed by atoms with Crippen molar-refractivity contribution in [2.75, 3.05) is 32.8 Å². The molecule has 3 heteroatoms. The minimum atomic E-state index is 0.168. The average molecular weight is 267 g/mol. The minimum Gasteiger partial charge on any atom is -0.381 e. The second kappa shape index (κ2) is 6.36. The Balaban J connectivity index is 1.80. The molecule has 0 radical (unpaired) electrons. The number of nitrogens with zero attached hydrogens (tertiary/aromatic N) is 1. The van der Waals surface area contributed by atoms with Crippen molar-refractivity contribution >= 4 is 5.78 Å². The molecular weight excluding hydrogens is 238 g/mol. The maximum absolute atomic E-state index is 12.2. The summed E-state index contributed by atoms with van der Waals surface area (Å²) in [5.74, 6) is 1.36. The molecule has 2 atom stereocenters. The third-order valence-electron chi connectivity index (χ3n) is 4.81. The van der Waals surface area contributed by atoms with E-state index in [1.165, 1.54) is 19.3 Å². The molecule has 0 N–H and O–H groups in total. The van der Waals surface area contributed by atoms with E-state index >= 15 is 0 Å². The van der Waals surface area contributed by atoms with Gasteiger partial charge >= 0.3 is 0 Å². The molecule has 2 heterocycles. The Kier molecular flexibility index (Phi) is 5.02. The van der Waals surface area contributed by atoms with Crippen LogP contribution in [0.2, 0.25) is 0 Å². The summed E-state index contributed by atoms with van der Waals surface area (Å²) in [4.78, 5) is 14.6. The maximum atomic E-state index is 12.2. The molecule has 2 aliphatic rings. The van der Waals surface area contributed by atoms with Gasteiger partial charge in [0.15, 0.2) is 5.78 Å². The van der Waals surface area contributed by atoms with Gasteiger partial charge in [-0.25, -0.2) is 0 Å². The van der Waals surface area contributed by atoms with Crippen LogP contribution in [0.1, 0.15) is 46.5 Å². The van der Waals surface area contributed by atoms with E-state index in [0.29, 0.717) is 24.3 Å². The highest BCUT2D eigenvalue weighted by atomic mass is 16.5. The first-order valence-corrected chi connectivity index (χ1v) is 7.79. The zero-order chi connectivity index (χ0) is 13.9. The van der Waals surface area contributed by atoms with E-state index in [1.807, 2.05) is 0 Å². The molecule has 0 aromatic heterocycles. The zero-order valence-corrected chi connectivity index (χ0v) is 12.8. The summed E-state index contributed by atoms with van der Waals surface area (Å²) in [6.45, 7) is 11.3. The summed E-state index contributed by atoms with van der Waals surface area (Å²) < 4.78 is 5.31. The summed E-state index contributed by atoms with van der Waals surface area (Å²) in [6, 6.07) is 0. The van der Waals surface area contributed by atoms with Crippen molar-refractivity contribution in [3.63, 3.8) is 0 Å². The fraction of sp³-hybridized carbons (Fsp3) is 0.938. The van der Waals surface area contributed by atoms with E-state index in [1.54, 1.807) is 0 Å². The third kappa shape index (κ3) is 4.28. The van der Waals surface area contributed by atoms with Crippen LogP contribution in [-0.4, -0.2) is 43.5 Å². The Labute approximate surface area is 117 Å². The van der Waals surface area contributed by atoms with Crippen LogP contribution in [-0.2, 0) is 9.53 Å². The molecule has 3 nitrogen and oxygen atoms in total. The van der Waals surface area contributed by atoms with Gasteiger partial charge in [-0.2, -0.15) is 0 Å². The molecule has 2 fully saturated rings. The van der Waals surface area contributed by atoms with Gasteiger partial charge in [-0.05, 0) is 50.1 Å². The van der Waals surface area contributed by atoms with Gasteiger partial charge in [-0.3, -0.25) is 9.69 Å². The largest absolute Gasteiger partial charge is 0.381 e. The van der Waals surface area contributed by atoms with Crippen molar-refractivity contribution in [1.82, 2.24) is 4.90 Å². The van der Waals surface area contributed by atoms with Crippen LogP contribution in [0.4, 0.5) is 0 Å². The van der Waals surface area contributed by atoms with E-state index < -0.39 is 0 Å². The van der Waals surface area contributed by atoms with Gasteiger partial charge in [0.2, 0.25) is 0 Å². The number of Topliss-reactive ketones (excluding diaryl/α,β-unsaturated/α-hetero) is 1. The van der Waals surface area contributed by atoms with E-state index in [0.717, 1.165) is 32.0 Å². The van der Waals surface area contributed by atoms with Gasteiger partial charge in [0.1, 0.15) is 0 Å². The quantitative estimate of drug-likeness (QED) is 0.787. The number of ketones is 1. The van der Waals surface area contributed by atoms with E-state index in [2.05, 4.69) is 25.7 Å². The maximum Gasteiger partial charge on any atom is 0.152 e. The van der Waals surface area contributed by atoms with Crippen molar-refractivity contribution < 1.29 is 9.53 Å². The van der Waals surface area contributed by atoms with Crippen molar-refractivity contribution in [1.29, 1.82) is 0 Å². The lowest BCUT2D eigenvalue weighted by atomic mass is 9.77. The number of ether oxygens (including phenoxy) is 1. The van der Waals surface area contributed by atoms with E-state index in [4.69, 9.17) is 4.74 Å². The zero-order valence-electron chi connectivity index (χ0n) is 12.8. The van der Waals surface area contributed by atoms with Crippen molar-refractivity contribution in [2.24, 2.45) is 17.3 Å². The first-order chi connectivity index (χ1) is 8.97. The predicted octanol–water partition coefficient (Wildman–Crippen LogP) is 2.74. The number of hydrogen-bond donors (Lipinski definition) is 0. The number of likely N-dealkylation sites (tertiary alicyclic amines) is 1. The lowest BCUT2D eigenvalue weighted by Gasteiger charge is -2.29. The van der Waals surface area contributed by atoms with Crippen LogP contribution >= 0.6 is 0 Å². The molecule has 0 spiro atoms. The van der Waals surface area contributed by atoms with Gasteiger partial charge in [0.25, 0.3) is 0 Å². The lowest BCUT2D eigenvalue weighted by molar-refractivity contribution is -0.124. The molecule has 0 aromatic rings. The fourth-order valence-electron chi connectivity index (χ4n) is 3.32. The molecule has 19 heavy (non-hydrogen) atoms. The molecule has 2 saturated heterocycles. The van der Waals surface area contributed by atoms with Crippen molar-refractivity contribution in [2.45, 2.75) is 46.5 Å². The van der Waals surface area contributed by atoms with Gasteiger partial charge in [0.05, 0.1) is 13.2 Å². The number of carbonyl (C=O) groups excluding carboxylic acids is 1. The molecule has 2 rings (SSSR count). The number of rotatable bonds is 3. The smallest absolute Gasteiger partial charge is 0.152 e. The molecule has 2 aliphatic heterocycles. The van der Waals surface area contributed by atoms with Gasteiger partial charge in [0, 0.05) is 12.5 Å². The molecule has 0 aliphatic carbocycles. The normalized spacial score (nSPS) is 30.3. The first-order valence-electron chi connectivity index (χ1n) is 7.79. The Morgan fingerprint density at radius 3 is 2.63 bits per heavy atom. The molecule has 0 amide bonds. The van der Waals surface area contributed by atoms with E-state index in [-0.39, 0.29) is 5.92 Å². The number of carbonyl (C=O) groups is 1. The van der Waals surface area contributed by atoms with Crippen LogP contribution < -0.4 is 0 Å². The summed E-state index contributed by atoms with van der Waals surface area (Å²) in [6.07, 6.45) is 4.70. The molecule has 0 aromatic carbocycles. The van der Waals surface area contributed by atoms with E-state index in [9.17, 15) is 4.79 Å². The summed E-state index contributed by atoms with van der Waals surface area (Å²) in [5.41, 5.74) is 0.402. The molecule has 2 unspecified atom stereocenters. The highest BCUT2D eigenvalue weighted by Crippen LogP contribution is 2.34. The monoisotopic (exact) mass is 267 g/mol. The molecule has 0 saturated carbocycles. The van der Waals surface area contributed by atoms with Crippen LogP contribution in [0.15, 0.2) is 0 Å². The summed E-state index contributed by atoms with van der Waals surface area (Å²) in [7, 11) is 0. The van der Waals surface area contributed by atoms with Crippen LogP contribution in [0.25, 0.3) is 0 Å². The minimum absolute atomic E-state index is 0.168. The predicted molar refractivity (Wildman–Crippen MR) is 77.2 cm³/mol. The molecule has 0 bridgehead atoms. The average Bonchev–Trinajstić information content (AvgIpc) is 2.75. The SMILES string of the molecule is CC(C)(C)C1CCCN(CC(=O)C2CCOC2)CC1. The fourth-order valence-corrected chi connectivity index (χ4v) is 3.32. The Hall–Kier alpha value is -0.410. The molecule has 110 valence electrons. The van der Waals surface area contributed by atoms with Crippen molar-refractivity contribution in [3.8, 4) is 0 Å². The van der Waals surface area contributed by atoms with Crippen LogP contribution in [0, 0.1) is 17.3 Å². The Morgan fingerprint density at radius 2 is 2.00 bits per heavy atom. The molecular formula is C16H29NO2. The van der Waals surface area contributed by atoms with Gasteiger partial charge in [-0.15, -0.1) is 0 Å². The highest BCUT2D eigenvalue weighted by molar-refractivity contribution is 5.83. The summed E-state index contributed by atoms with van der Waals surface area (Å²) >= 11 is 0. The van der Waals surface area contributed by atoms with Gasteiger partial charge in [-0.1, -0.05) is 20.8 Å².